The van der Waals surface area contributed by atoms with Crippen LogP contribution in [0.15, 0.2) is 78.9 Å². The summed E-state index contributed by atoms with van der Waals surface area (Å²) in [5.41, 5.74) is 1.52. The van der Waals surface area contributed by atoms with Crippen molar-refractivity contribution in [2.24, 2.45) is 0 Å². The molecule has 1 aliphatic heterocycles. The van der Waals surface area contributed by atoms with Crippen LogP contribution in [0.4, 0.5) is 4.79 Å². The number of nitrogens with zero attached hydrogens (tertiary/aromatic N) is 2. The van der Waals surface area contributed by atoms with E-state index in [4.69, 9.17) is 37.7 Å². The quantitative estimate of drug-likeness (QED) is 0.240. The number of carbonyl (C=O) groups excluding carboxylic acids is 1. The first-order chi connectivity index (χ1) is 20.0. The molecular formula is C34H36Cl2N2O4. The summed E-state index contributed by atoms with van der Waals surface area (Å²) in [6, 6.07) is 24.7. The molecule has 3 atom stereocenters. The van der Waals surface area contributed by atoms with Crippen molar-refractivity contribution in [2.75, 3.05) is 13.7 Å². The van der Waals surface area contributed by atoms with E-state index in [1.54, 1.807) is 18.1 Å². The first-order valence-corrected chi connectivity index (χ1v) is 14.9. The molecule has 6 nitrogen and oxygen atoms in total. The van der Waals surface area contributed by atoms with Gasteiger partial charge in [0.1, 0.15) is 5.60 Å². The van der Waals surface area contributed by atoms with Gasteiger partial charge < -0.3 is 19.5 Å². The van der Waals surface area contributed by atoms with Gasteiger partial charge in [-0.1, -0.05) is 65.7 Å². The van der Waals surface area contributed by atoms with Crippen molar-refractivity contribution in [1.82, 2.24) is 9.88 Å². The Labute approximate surface area is 257 Å². The maximum absolute atomic E-state index is 13.4. The summed E-state index contributed by atoms with van der Waals surface area (Å²) in [6.07, 6.45) is 0.818. The fraction of sp³-hybridized carbons (Fsp3) is 0.353. The van der Waals surface area contributed by atoms with E-state index in [9.17, 15) is 9.90 Å². The highest BCUT2D eigenvalue weighted by Crippen LogP contribution is 2.47. The number of fused-ring (bicyclic) bond motifs is 1. The van der Waals surface area contributed by atoms with E-state index in [1.807, 2.05) is 93.6 Å². The zero-order valence-electron chi connectivity index (χ0n) is 24.3. The van der Waals surface area contributed by atoms with E-state index in [2.05, 4.69) is 0 Å². The Morgan fingerprint density at radius 2 is 1.74 bits per heavy atom. The number of benzene rings is 3. The molecule has 5 rings (SSSR count). The number of piperidine rings is 1. The third-order valence-electron chi connectivity index (χ3n) is 7.77. The number of pyridine rings is 1. The Kier molecular flexibility index (Phi) is 8.70. The number of methoxy groups -OCH3 is 1. The monoisotopic (exact) mass is 606 g/mol. The van der Waals surface area contributed by atoms with Gasteiger partial charge in [0.15, 0.2) is 0 Å². The van der Waals surface area contributed by atoms with Crippen LogP contribution in [0.25, 0.3) is 10.9 Å². The summed E-state index contributed by atoms with van der Waals surface area (Å²) < 4.78 is 11.6. The van der Waals surface area contributed by atoms with E-state index in [0.29, 0.717) is 41.7 Å². The summed E-state index contributed by atoms with van der Waals surface area (Å²) in [5.74, 6) is -0.105. The zero-order chi connectivity index (χ0) is 30.1. The number of likely N-dealkylation sites (tertiary alicyclic amines) is 1. The van der Waals surface area contributed by atoms with Crippen LogP contribution in [0.2, 0.25) is 10.0 Å². The van der Waals surface area contributed by atoms with Gasteiger partial charge in [0.25, 0.3) is 0 Å². The molecule has 1 aromatic heterocycles. The Bertz CT molecular complexity index is 1560. The number of carbonyl (C=O) groups is 1. The van der Waals surface area contributed by atoms with Crippen LogP contribution in [-0.4, -0.2) is 52.0 Å². The third-order valence-corrected chi connectivity index (χ3v) is 8.26. The molecule has 220 valence electrons. The van der Waals surface area contributed by atoms with Gasteiger partial charge in [-0.3, -0.25) is 0 Å². The third kappa shape index (κ3) is 6.67. The average Bonchev–Trinajstić information content (AvgIpc) is 2.93. The lowest BCUT2D eigenvalue weighted by atomic mass is 9.70. The highest BCUT2D eigenvalue weighted by Gasteiger charge is 2.48. The number of halogens is 2. The van der Waals surface area contributed by atoms with Crippen molar-refractivity contribution in [1.29, 1.82) is 0 Å². The second-order valence-corrected chi connectivity index (χ2v) is 12.9. The molecule has 4 aromatic rings. The van der Waals surface area contributed by atoms with Crippen LogP contribution in [0.3, 0.4) is 0 Å². The largest absolute Gasteiger partial charge is 0.481 e. The van der Waals surface area contributed by atoms with E-state index in [-0.39, 0.29) is 12.1 Å². The first-order valence-electron chi connectivity index (χ1n) is 14.1. The summed E-state index contributed by atoms with van der Waals surface area (Å²) in [4.78, 5) is 20.0. The molecule has 42 heavy (non-hydrogen) atoms. The van der Waals surface area contributed by atoms with Crippen LogP contribution >= 0.6 is 23.2 Å². The van der Waals surface area contributed by atoms with E-state index < -0.39 is 17.1 Å². The molecule has 1 fully saturated rings. The van der Waals surface area contributed by atoms with Gasteiger partial charge in [-0.15, -0.1) is 0 Å². The van der Waals surface area contributed by atoms with Crippen molar-refractivity contribution in [2.45, 2.75) is 63.2 Å². The summed E-state index contributed by atoms with van der Waals surface area (Å²) >= 11 is 12.6. The Morgan fingerprint density at radius 1 is 1.05 bits per heavy atom. The van der Waals surface area contributed by atoms with Gasteiger partial charge in [-0.05, 0) is 87.6 Å². The highest BCUT2D eigenvalue weighted by atomic mass is 35.5. The van der Waals surface area contributed by atoms with Crippen molar-refractivity contribution in [3.8, 4) is 5.88 Å². The second-order valence-electron chi connectivity index (χ2n) is 12.0. The number of ether oxygens (including phenoxy) is 2. The standard InChI is InChI=1S/C34H36Cl2N2O4/c1-33(2,3)42-32(39)38-17-16-34(40,21-27(38)18-22-8-6-5-7-9-22)30(23-10-12-25(35)13-11-23)28-20-24-19-26(36)14-15-29(24)37-31(28)41-4/h5-15,19-20,27,30,40H,16-18,21H2,1-4H3. The minimum atomic E-state index is -1.26. The molecule has 0 saturated carbocycles. The predicted molar refractivity (Wildman–Crippen MR) is 168 cm³/mol. The second kappa shape index (κ2) is 12.1. The van der Waals surface area contributed by atoms with Crippen LogP contribution < -0.4 is 4.74 Å². The molecule has 3 unspecified atom stereocenters. The lowest BCUT2D eigenvalue weighted by Crippen LogP contribution is -2.56. The first kappa shape index (κ1) is 30.1. The Morgan fingerprint density at radius 3 is 2.40 bits per heavy atom. The minimum absolute atomic E-state index is 0.311. The number of aliphatic hydroxyl groups is 1. The maximum Gasteiger partial charge on any atom is 0.410 e. The molecule has 1 amide bonds. The van der Waals surface area contributed by atoms with Gasteiger partial charge in [0, 0.05) is 39.5 Å². The fourth-order valence-corrected chi connectivity index (χ4v) is 6.27. The van der Waals surface area contributed by atoms with Gasteiger partial charge >= 0.3 is 6.09 Å². The lowest BCUT2D eigenvalue weighted by molar-refractivity contribution is -0.0630. The fourth-order valence-electron chi connectivity index (χ4n) is 5.96. The number of hydrogen-bond acceptors (Lipinski definition) is 5. The highest BCUT2D eigenvalue weighted by molar-refractivity contribution is 6.31. The Balaban J connectivity index is 1.62. The molecule has 0 radical (unpaired) electrons. The molecule has 8 heteroatoms. The minimum Gasteiger partial charge on any atom is -0.481 e. The zero-order valence-corrected chi connectivity index (χ0v) is 25.8. The number of aromatic nitrogens is 1. The topological polar surface area (TPSA) is 71.9 Å². The molecule has 0 bridgehead atoms. The van der Waals surface area contributed by atoms with Crippen molar-refractivity contribution in [3.63, 3.8) is 0 Å². The van der Waals surface area contributed by atoms with E-state index >= 15 is 0 Å². The van der Waals surface area contributed by atoms with Crippen molar-refractivity contribution >= 4 is 40.2 Å². The van der Waals surface area contributed by atoms with Crippen molar-refractivity contribution < 1.29 is 19.4 Å². The van der Waals surface area contributed by atoms with Crippen LogP contribution in [0.5, 0.6) is 5.88 Å². The lowest BCUT2D eigenvalue weighted by Gasteiger charge is -2.47. The Hall–Kier alpha value is -3.32. The number of amides is 1. The molecule has 0 spiro atoms. The molecule has 1 saturated heterocycles. The molecule has 1 N–H and O–H groups in total. The smallest absolute Gasteiger partial charge is 0.410 e. The summed E-state index contributed by atoms with van der Waals surface area (Å²) in [7, 11) is 1.58. The van der Waals surface area contributed by atoms with Gasteiger partial charge in [-0.2, -0.15) is 0 Å². The SMILES string of the molecule is COc1nc2ccc(Cl)cc2cc1C(c1ccc(Cl)cc1)C1(O)CCN(C(=O)OC(C)(C)C)C(Cc2ccccc2)C1. The van der Waals surface area contributed by atoms with Crippen molar-refractivity contribution in [3.05, 3.63) is 106 Å². The molecule has 3 aromatic carbocycles. The normalized spacial score (nSPS) is 19.9. The van der Waals surface area contributed by atoms with Gasteiger partial charge in [0.2, 0.25) is 5.88 Å². The predicted octanol–water partition coefficient (Wildman–Crippen LogP) is 8.06. The van der Waals surface area contributed by atoms with Gasteiger partial charge in [0.05, 0.1) is 18.2 Å². The average molecular weight is 608 g/mol. The van der Waals surface area contributed by atoms with Crippen LogP contribution in [0.1, 0.15) is 56.2 Å². The number of hydrogen-bond donors (Lipinski definition) is 1. The molecule has 1 aliphatic rings. The maximum atomic E-state index is 13.4. The molecule has 2 heterocycles. The number of rotatable bonds is 6. The van der Waals surface area contributed by atoms with E-state index in [1.165, 1.54) is 0 Å². The summed E-state index contributed by atoms with van der Waals surface area (Å²) in [6.45, 7) is 5.90. The van der Waals surface area contributed by atoms with Crippen LogP contribution in [-0.2, 0) is 11.2 Å². The summed E-state index contributed by atoms with van der Waals surface area (Å²) in [5, 5.41) is 14.7. The molecule has 0 aliphatic carbocycles. The van der Waals surface area contributed by atoms with Crippen LogP contribution in [0, 0.1) is 0 Å². The van der Waals surface area contributed by atoms with Gasteiger partial charge in [-0.25, -0.2) is 9.78 Å². The molecular weight excluding hydrogens is 571 g/mol. The van der Waals surface area contributed by atoms with E-state index in [0.717, 1.165) is 27.6 Å².